The van der Waals surface area contributed by atoms with Crippen LogP contribution in [0.1, 0.15) is 26.3 Å². The van der Waals surface area contributed by atoms with Crippen LogP contribution in [0, 0.1) is 0 Å². The Morgan fingerprint density at radius 3 is 2.76 bits per heavy atom. The summed E-state index contributed by atoms with van der Waals surface area (Å²) in [6.45, 7) is 5.98. The largest absolute Gasteiger partial charge is 0.444 e. The summed E-state index contributed by atoms with van der Waals surface area (Å²) >= 11 is 0. The van der Waals surface area contributed by atoms with Gasteiger partial charge in [0, 0.05) is 30.7 Å². The van der Waals surface area contributed by atoms with Gasteiger partial charge in [-0.3, -0.25) is 0 Å². The van der Waals surface area contributed by atoms with Crippen LogP contribution in [0.4, 0.5) is 4.79 Å². The first kappa shape index (κ1) is 15.2. The van der Waals surface area contributed by atoms with Gasteiger partial charge in [0.25, 0.3) is 0 Å². The zero-order valence-corrected chi connectivity index (χ0v) is 13.0. The van der Waals surface area contributed by atoms with E-state index in [-0.39, 0.29) is 0 Å². The third-order valence-corrected chi connectivity index (χ3v) is 2.99. The minimum atomic E-state index is -0.469. The molecule has 0 aliphatic heterocycles. The van der Waals surface area contributed by atoms with Gasteiger partial charge in [-0.2, -0.15) is 0 Å². The summed E-state index contributed by atoms with van der Waals surface area (Å²) in [7, 11) is 2.03. The molecule has 0 fully saturated rings. The summed E-state index contributed by atoms with van der Waals surface area (Å²) in [5.74, 6) is 0. The standard InChI is InChI=1S/C17H22N2O2/c1-17(2,3)21-16(20)18-11-7-8-13-12-19(4)15-10-6-5-9-14(13)15/h5-10,12H,11H2,1-4H3,(H,18,20). The monoisotopic (exact) mass is 286 g/mol. The molecule has 4 nitrogen and oxygen atoms in total. The second kappa shape index (κ2) is 6.04. The zero-order valence-electron chi connectivity index (χ0n) is 13.0. The first-order valence-electron chi connectivity index (χ1n) is 7.04. The number of nitrogens with zero attached hydrogens (tertiary/aromatic N) is 1. The normalized spacial score (nSPS) is 12.0. The number of carbonyl (C=O) groups is 1. The highest BCUT2D eigenvalue weighted by atomic mass is 16.6. The van der Waals surface area contributed by atoms with Crippen LogP contribution in [0.3, 0.4) is 0 Å². The van der Waals surface area contributed by atoms with E-state index < -0.39 is 11.7 Å². The molecular formula is C17H22N2O2. The van der Waals surface area contributed by atoms with Gasteiger partial charge >= 0.3 is 6.09 Å². The van der Waals surface area contributed by atoms with Crippen LogP contribution in [0.5, 0.6) is 0 Å². The third kappa shape index (κ3) is 4.12. The molecule has 0 atom stereocenters. The summed E-state index contributed by atoms with van der Waals surface area (Å²) in [4.78, 5) is 11.5. The highest BCUT2D eigenvalue weighted by molar-refractivity contribution is 5.89. The molecule has 1 amide bonds. The van der Waals surface area contributed by atoms with Crippen LogP contribution >= 0.6 is 0 Å². The summed E-state index contributed by atoms with van der Waals surface area (Å²) in [6.07, 6.45) is 5.62. The second-order valence-corrected chi connectivity index (χ2v) is 6.00. The molecule has 0 aliphatic rings. The molecule has 112 valence electrons. The van der Waals surface area contributed by atoms with Gasteiger partial charge in [-0.1, -0.05) is 30.4 Å². The molecule has 1 heterocycles. The quantitative estimate of drug-likeness (QED) is 0.934. The van der Waals surface area contributed by atoms with Crippen molar-refractivity contribution in [1.82, 2.24) is 9.88 Å². The van der Waals surface area contributed by atoms with Crippen molar-refractivity contribution in [3.05, 3.63) is 42.1 Å². The van der Waals surface area contributed by atoms with E-state index in [2.05, 4.69) is 28.2 Å². The predicted molar refractivity (Wildman–Crippen MR) is 86.2 cm³/mol. The summed E-state index contributed by atoms with van der Waals surface area (Å²) in [5, 5.41) is 3.91. The molecule has 1 N–H and O–H groups in total. The molecule has 0 saturated heterocycles. The van der Waals surface area contributed by atoms with Crippen LogP contribution in [0.25, 0.3) is 17.0 Å². The highest BCUT2D eigenvalue weighted by Crippen LogP contribution is 2.21. The number of para-hydroxylation sites is 1. The van der Waals surface area contributed by atoms with E-state index in [1.165, 1.54) is 10.9 Å². The Balaban J connectivity index is 1.97. The highest BCUT2D eigenvalue weighted by Gasteiger charge is 2.14. The molecule has 0 spiro atoms. The number of ether oxygens (including phenoxy) is 1. The van der Waals surface area contributed by atoms with Gasteiger partial charge in [-0.05, 0) is 32.4 Å². The first-order valence-corrected chi connectivity index (χ1v) is 7.04. The molecule has 4 heteroatoms. The lowest BCUT2D eigenvalue weighted by atomic mass is 10.1. The molecule has 1 aromatic carbocycles. The number of hydrogen-bond donors (Lipinski definition) is 1. The Hall–Kier alpha value is -2.23. The average molecular weight is 286 g/mol. The number of nitrogens with one attached hydrogen (secondary N) is 1. The van der Waals surface area contributed by atoms with E-state index in [1.54, 1.807) is 0 Å². The van der Waals surface area contributed by atoms with E-state index >= 15 is 0 Å². The number of aromatic nitrogens is 1. The van der Waals surface area contributed by atoms with Crippen molar-refractivity contribution >= 4 is 23.1 Å². The summed E-state index contributed by atoms with van der Waals surface area (Å²) < 4.78 is 7.27. The molecular weight excluding hydrogens is 264 g/mol. The van der Waals surface area contributed by atoms with Gasteiger partial charge in [0.2, 0.25) is 0 Å². The molecule has 0 unspecified atom stereocenters. The van der Waals surface area contributed by atoms with Crippen LogP contribution in [0.15, 0.2) is 36.5 Å². The summed E-state index contributed by atoms with van der Waals surface area (Å²) in [6, 6.07) is 8.24. The third-order valence-electron chi connectivity index (χ3n) is 2.99. The number of carbonyl (C=O) groups excluding carboxylic acids is 1. The zero-order chi connectivity index (χ0) is 15.5. The van der Waals surface area contributed by atoms with Crippen LogP contribution in [-0.4, -0.2) is 22.8 Å². The fraction of sp³-hybridized carbons (Fsp3) is 0.353. The van der Waals surface area contributed by atoms with Gasteiger partial charge in [-0.15, -0.1) is 0 Å². The Bertz CT molecular complexity index is 663. The SMILES string of the molecule is Cn1cc(C=CCNC(=O)OC(C)(C)C)c2ccccc21. The maximum atomic E-state index is 11.5. The molecule has 0 bridgehead atoms. The van der Waals surface area contributed by atoms with Crippen molar-refractivity contribution in [2.75, 3.05) is 6.54 Å². The predicted octanol–water partition coefficient (Wildman–Crippen LogP) is 3.72. The molecule has 21 heavy (non-hydrogen) atoms. The summed E-state index contributed by atoms with van der Waals surface area (Å²) in [5.41, 5.74) is 1.86. The molecule has 2 rings (SSSR count). The van der Waals surface area contributed by atoms with Crippen molar-refractivity contribution in [2.24, 2.45) is 7.05 Å². The van der Waals surface area contributed by atoms with E-state index in [0.29, 0.717) is 6.54 Å². The van der Waals surface area contributed by atoms with Crippen molar-refractivity contribution in [2.45, 2.75) is 26.4 Å². The molecule has 2 aromatic rings. The van der Waals surface area contributed by atoms with E-state index in [4.69, 9.17) is 4.74 Å². The first-order chi connectivity index (χ1) is 9.87. The lowest BCUT2D eigenvalue weighted by molar-refractivity contribution is 0.0534. The topological polar surface area (TPSA) is 43.3 Å². The number of alkyl carbamates (subject to hydrolysis) is 1. The van der Waals surface area contributed by atoms with E-state index in [0.717, 1.165) is 5.56 Å². The number of rotatable bonds is 3. The van der Waals surface area contributed by atoms with Gasteiger partial charge in [0.1, 0.15) is 5.60 Å². The smallest absolute Gasteiger partial charge is 0.407 e. The van der Waals surface area contributed by atoms with Crippen molar-refractivity contribution in [3.8, 4) is 0 Å². The van der Waals surface area contributed by atoms with Gasteiger partial charge in [0.05, 0.1) is 0 Å². The molecule has 0 aliphatic carbocycles. The molecule has 0 radical (unpaired) electrons. The minimum absolute atomic E-state index is 0.398. The minimum Gasteiger partial charge on any atom is -0.444 e. The average Bonchev–Trinajstić information content (AvgIpc) is 2.70. The number of benzene rings is 1. The Labute approximate surface area is 125 Å². The Kier molecular flexibility index (Phi) is 4.36. The number of aryl methyl sites for hydroxylation is 1. The van der Waals surface area contributed by atoms with Crippen molar-refractivity contribution in [1.29, 1.82) is 0 Å². The van der Waals surface area contributed by atoms with Crippen molar-refractivity contribution in [3.63, 3.8) is 0 Å². The van der Waals surface area contributed by atoms with Gasteiger partial charge < -0.3 is 14.6 Å². The lowest BCUT2D eigenvalue weighted by Gasteiger charge is -2.19. The number of hydrogen-bond acceptors (Lipinski definition) is 2. The lowest BCUT2D eigenvalue weighted by Crippen LogP contribution is -2.32. The Morgan fingerprint density at radius 1 is 1.33 bits per heavy atom. The fourth-order valence-electron chi connectivity index (χ4n) is 2.15. The van der Waals surface area contributed by atoms with Gasteiger partial charge in [0.15, 0.2) is 0 Å². The van der Waals surface area contributed by atoms with Gasteiger partial charge in [-0.25, -0.2) is 4.79 Å². The van der Waals surface area contributed by atoms with Crippen LogP contribution in [-0.2, 0) is 11.8 Å². The second-order valence-electron chi connectivity index (χ2n) is 6.00. The maximum Gasteiger partial charge on any atom is 0.407 e. The number of fused-ring (bicyclic) bond motifs is 1. The molecule has 0 saturated carbocycles. The van der Waals surface area contributed by atoms with E-state index in [1.807, 2.05) is 52.1 Å². The number of amides is 1. The van der Waals surface area contributed by atoms with E-state index in [9.17, 15) is 4.79 Å². The van der Waals surface area contributed by atoms with Crippen LogP contribution in [0.2, 0.25) is 0 Å². The van der Waals surface area contributed by atoms with Crippen molar-refractivity contribution < 1.29 is 9.53 Å². The molecule has 1 aromatic heterocycles. The Morgan fingerprint density at radius 2 is 2.05 bits per heavy atom. The maximum absolute atomic E-state index is 11.5. The van der Waals surface area contributed by atoms with Crippen LogP contribution < -0.4 is 5.32 Å². The fourth-order valence-corrected chi connectivity index (χ4v) is 2.15.